The highest BCUT2D eigenvalue weighted by molar-refractivity contribution is 5.65. The molecule has 11 heteroatoms. The lowest BCUT2D eigenvalue weighted by Crippen LogP contribution is -2.62. The molecule has 0 aromatic carbocycles. The van der Waals surface area contributed by atoms with E-state index in [1.54, 1.807) is 4.57 Å². The molecule has 11 nitrogen and oxygen atoms in total. The Morgan fingerprint density at radius 1 is 1.41 bits per heavy atom. The first-order chi connectivity index (χ1) is 12.5. The standard InChI is InChI=1S/C16H26N6O5/c1-15(2,3)21(14(23)24)20-7-5-18(6-8-20)10-16(4)11-19-9-12(22(25)26)17-13(19)27-16/h9H,5-8,10-11H2,1-4H3,(H,23,24)/t16-/m0/s1. The summed E-state index contributed by atoms with van der Waals surface area (Å²) in [5.41, 5.74) is -1.02. The van der Waals surface area contributed by atoms with Gasteiger partial charge < -0.3 is 20.0 Å². The van der Waals surface area contributed by atoms with Gasteiger partial charge >= 0.3 is 17.9 Å². The van der Waals surface area contributed by atoms with Crippen LogP contribution in [0.3, 0.4) is 0 Å². The van der Waals surface area contributed by atoms with Gasteiger partial charge in [0.2, 0.25) is 0 Å². The highest BCUT2D eigenvalue weighted by Crippen LogP contribution is 2.31. The lowest BCUT2D eigenvalue weighted by molar-refractivity contribution is -0.389. The van der Waals surface area contributed by atoms with Crippen LogP contribution in [0.4, 0.5) is 10.6 Å². The Kier molecular flexibility index (Phi) is 4.76. The van der Waals surface area contributed by atoms with Gasteiger partial charge in [0.1, 0.15) is 11.8 Å². The second kappa shape index (κ2) is 6.64. The van der Waals surface area contributed by atoms with Crippen LogP contribution >= 0.6 is 0 Å². The van der Waals surface area contributed by atoms with Gasteiger partial charge in [-0.2, -0.15) is 0 Å². The first-order valence-electron chi connectivity index (χ1n) is 8.89. The molecular formula is C16H26N6O5. The number of aromatic nitrogens is 2. The van der Waals surface area contributed by atoms with E-state index in [4.69, 9.17) is 4.74 Å². The van der Waals surface area contributed by atoms with Gasteiger partial charge in [0.25, 0.3) is 0 Å². The van der Waals surface area contributed by atoms with Crippen LogP contribution < -0.4 is 4.74 Å². The van der Waals surface area contributed by atoms with E-state index in [1.807, 2.05) is 32.7 Å². The molecule has 0 unspecified atom stereocenters. The number of hydrogen-bond acceptors (Lipinski definition) is 7. The van der Waals surface area contributed by atoms with E-state index in [1.165, 1.54) is 11.2 Å². The van der Waals surface area contributed by atoms with Crippen molar-refractivity contribution in [3.63, 3.8) is 0 Å². The Balaban J connectivity index is 1.57. The van der Waals surface area contributed by atoms with E-state index in [-0.39, 0.29) is 11.8 Å². The smallest absolute Gasteiger partial charge is 0.422 e. The third-order valence-corrected chi connectivity index (χ3v) is 4.76. The number of ether oxygens (including phenoxy) is 1. The summed E-state index contributed by atoms with van der Waals surface area (Å²) in [5.74, 6) is -0.211. The highest BCUT2D eigenvalue weighted by Gasteiger charge is 2.42. The Hall–Kier alpha value is -2.40. The van der Waals surface area contributed by atoms with Crippen LogP contribution in [0.1, 0.15) is 27.7 Å². The summed E-state index contributed by atoms with van der Waals surface area (Å²) in [4.78, 5) is 28.0. The molecule has 0 bridgehead atoms. The number of piperazine rings is 1. The number of carboxylic acid groups (broad SMARTS) is 1. The summed E-state index contributed by atoms with van der Waals surface area (Å²) in [7, 11) is 0. The van der Waals surface area contributed by atoms with Crippen molar-refractivity contribution in [2.24, 2.45) is 0 Å². The normalized spacial score (nSPS) is 23.7. The Labute approximate surface area is 157 Å². The summed E-state index contributed by atoms with van der Waals surface area (Å²) in [6.07, 6.45) is 0.445. The maximum Gasteiger partial charge on any atom is 0.422 e. The van der Waals surface area contributed by atoms with Crippen LogP contribution in [0, 0.1) is 10.1 Å². The zero-order valence-corrected chi connectivity index (χ0v) is 16.1. The molecular weight excluding hydrogens is 356 g/mol. The molecule has 1 aromatic rings. The van der Waals surface area contributed by atoms with Crippen molar-refractivity contribution < 1.29 is 19.6 Å². The molecule has 0 radical (unpaired) electrons. The minimum atomic E-state index is -0.950. The van der Waals surface area contributed by atoms with Crippen LogP contribution in [0.25, 0.3) is 0 Å². The maximum absolute atomic E-state index is 11.6. The van der Waals surface area contributed by atoms with Crippen molar-refractivity contribution in [1.29, 1.82) is 0 Å². The summed E-state index contributed by atoms with van der Waals surface area (Å²) in [6, 6.07) is 0.271. The molecule has 27 heavy (non-hydrogen) atoms. The van der Waals surface area contributed by atoms with Gasteiger partial charge in [0.15, 0.2) is 0 Å². The fourth-order valence-corrected chi connectivity index (χ4v) is 3.76. The van der Waals surface area contributed by atoms with Crippen LogP contribution in [-0.4, -0.2) is 84.5 Å². The monoisotopic (exact) mass is 382 g/mol. The molecule has 2 aliphatic rings. The fraction of sp³-hybridized carbons (Fsp3) is 0.750. The number of fused-ring (bicyclic) bond motifs is 1. The van der Waals surface area contributed by atoms with Gasteiger partial charge in [-0.1, -0.05) is 0 Å². The van der Waals surface area contributed by atoms with Crippen LogP contribution in [0.5, 0.6) is 6.01 Å². The fourth-order valence-electron chi connectivity index (χ4n) is 3.76. The van der Waals surface area contributed by atoms with Crippen molar-refractivity contribution in [2.75, 3.05) is 32.7 Å². The van der Waals surface area contributed by atoms with Gasteiger partial charge in [-0.05, 0) is 32.6 Å². The van der Waals surface area contributed by atoms with Gasteiger partial charge in [-0.3, -0.25) is 9.47 Å². The molecule has 0 saturated carbocycles. The Bertz CT molecular complexity index is 711. The average Bonchev–Trinajstić information content (AvgIpc) is 3.02. The third-order valence-electron chi connectivity index (χ3n) is 4.76. The molecule has 150 valence electrons. The number of carbonyl (C=O) groups is 1. The van der Waals surface area contributed by atoms with E-state index in [0.717, 1.165) is 0 Å². The number of hydrogen-bond donors (Lipinski definition) is 1. The van der Waals surface area contributed by atoms with Crippen LogP contribution in [0.15, 0.2) is 6.20 Å². The van der Waals surface area contributed by atoms with E-state index < -0.39 is 22.2 Å². The number of hydrazine groups is 1. The summed E-state index contributed by atoms with van der Waals surface area (Å²) >= 11 is 0. The predicted molar refractivity (Wildman–Crippen MR) is 95.5 cm³/mol. The van der Waals surface area contributed by atoms with E-state index in [0.29, 0.717) is 39.3 Å². The second-order valence-corrected chi connectivity index (χ2v) is 8.31. The Morgan fingerprint density at radius 3 is 2.52 bits per heavy atom. The predicted octanol–water partition coefficient (Wildman–Crippen LogP) is 1.25. The van der Waals surface area contributed by atoms with Crippen LogP contribution in [0.2, 0.25) is 0 Å². The SMILES string of the molecule is CC(C)(C)N(C(=O)O)N1CCN(C[C@@]2(C)Cn3cc([N+](=O)[O-])nc3O2)CC1. The highest BCUT2D eigenvalue weighted by atomic mass is 16.6. The molecule has 1 amide bonds. The first-order valence-corrected chi connectivity index (χ1v) is 8.89. The third kappa shape index (κ3) is 3.98. The molecule has 2 aliphatic heterocycles. The average molecular weight is 382 g/mol. The zero-order chi connectivity index (χ0) is 20.0. The molecule has 1 aromatic heterocycles. The van der Waals surface area contributed by atoms with Crippen molar-refractivity contribution in [3.8, 4) is 6.01 Å². The topological polar surface area (TPSA) is 117 Å². The lowest BCUT2D eigenvalue weighted by Gasteiger charge is -2.46. The maximum atomic E-state index is 11.6. The Morgan fingerprint density at radius 2 is 2.04 bits per heavy atom. The van der Waals surface area contributed by atoms with Crippen molar-refractivity contribution in [3.05, 3.63) is 16.3 Å². The van der Waals surface area contributed by atoms with Gasteiger partial charge in [0.05, 0.1) is 12.1 Å². The molecule has 1 atom stereocenters. The van der Waals surface area contributed by atoms with Crippen molar-refractivity contribution >= 4 is 11.9 Å². The van der Waals surface area contributed by atoms with E-state index in [2.05, 4.69) is 9.88 Å². The number of rotatable bonds is 4. The molecule has 0 spiro atoms. The summed E-state index contributed by atoms with van der Waals surface area (Å²) in [5, 5.41) is 23.6. The van der Waals surface area contributed by atoms with Crippen molar-refractivity contribution in [2.45, 2.75) is 45.4 Å². The second-order valence-electron chi connectivity index (χ2n) is 8.31. The number of nitrogens with zero attached hydrogens (tertiary/aromatic N) is 6. The lowest BCUT2D eigenvalue weighted by atomic mass is 10.1. The summed E-state index contributed by atoms with van der Waals surface area (Å²) < 4.78 is 7.55. The molecule has 3 rings (SSSR count). The largest absolute Gasteiger partial charge is 0.464 e. The molecule has 3 heterocycles. The quantitative estimate of drug-likeness (QED) is 0.611. The minimum Gasteiger partial charge on any atom is -0.464 e. The molecule has 0 aliphatic carbocycles. The minimum absolute atomic E-state index is 0.211. The van der Waals surface area contributed by atoms with Gasteiger partial charge in [-0.15, -0.1) is 0 Å². The van der Waals surface area contributed by atoms with Crippen molar-refractivity contribution in [1.82, 2.24) is 24.5 Å². The number of amides is 1. The molecule has 1 saturated heterocycles. The first kappa shape index (κ1) is 19.4. The zero-order valence-electron chi connectivity index (χ0n) is 16.1. The van der Waals surface area contributed by atoms with Crippen LogP contribution in [-0.2, 0) is 6.54 Å². The summed E-state index contributed by atoms with van der Waals surface area (Å²) in [6.45, 7) is 11.4. The molecule has 1 fully saturated rings. The van der Waals surface area contributed by atoms with Gasteiger partial charge in [-0.25, -0.2) is 14.8 Å². The number of nitro groups is 1. The van der Waals surface area contributed by atoms with E-state index >= 15 is 0 Å². The molecule has 1 N–H and O–H groups in total. The van der Waals surface area contributed by atoms with Gasteiger partial charge in [0, 0.05) is 37.7 Å². The van der Waals surface area contributed by atoms with E-state index in [9.17, 15) is 20.0 Å². The number of imidazole rings is 1.